The molecule has 0 aliphatic heterocycles. The number of carbonyl (C=O) groups excluding carboxylic acids is 2. The maximum Gasteiger partial charge on any atom is 0.294 e. The normalized spacial score (nSPS) is 11.3. The van der Waals surface area contributed by atoms with E-state index in [4.69, 9.17) is 16.2 Å². The fraction of sp³-hybridized carbons (Fsp3) is 0.0952. The third-order valence-electron chi connectivity index (χ3n) is 4.61. The second-order valence-corrected chi connectivity index (χ2v) is 6.96. The van der Waals surface area contributed by atoms with Gasteiger partial charge in [0.25, 0.3) is 11.8 Å². The quantitative estimate of drug-likeness (QED) is 0.253. The van der Waals surface area contributed by atoms with Gasteiger partial charge in [0.2, 0.25) is 11.6 Å². The smallest absolute Gasteiger partial charge is 0.294 e. The molecule has 0 radical (unpaired) electrons. The van der Waals surface area contributed by atoms with Crippen molar-refractivity contribution in [2.75, 3.05) is 12.3 Å². The number of nitrogen functional groups attached to an aromatic ring is 1. The van der Waals surface area contributed by atoms with Gasteiger partial charge in [0, 0.05) is 5.56 Å². The number of benzene rings is 2. The van der Waals surface area contributed by atoms with Crippen molar-refractivity contribution in [3.8, 4) is 22.8 Å². The molecule has 2 aromatic carbocycles. The Morgan fingerprint density at radius 2 is 1.85 bits per heavy atom. The van der Waals surface area contributed by atoms with E-state index in [1.54, 1.807) is 55.5 Å². The highest BCUT2D eigenvalue weighted by Gasteiger charge is 2.25. The molecular weight excluding hydrogens is 442 g/mol. The summed E-state index contributed by atoms with van der Waals surface area (Å²) in [4.78, 5) is 23.8. The zero-order valence-electron chi connectivity index (χ0n) is 17.9. The fourth-order valence-electron chi connectivity index (χ4n) is 2.97. The number of anilines is 1. The third-order valence-corrected chi connectivity index (χ3v) is 4.61. The number of amides is 2. The molecule has 0 fully saturated rings. The standard InChI is InChI=1S/C21H19N9O4/c1-12(13-7-9-15(10-8-13)33-11-16(22)31)24-26-21(32)17-18(14-5-3-2-4-6-14)30(29-25-17)20-19(23)27-34-28-20/h2-10H,11H2,1H3,(H2,22,31)(H2,23,27)(H,26,32)/b24-12-. The molecule has 172 valence electrons. The van der Waals surface area contributed by atoms with E-state index >= 15 is 0 Å². The van der Waals surface area contributed by atoms with Crippen LogP contribution in [0.15, 0.2) is 64.3 Å². The minimum absolute atomic E-state index is 0.000324. The van der Waals surface area contributed by atoms with Gasteiger partial charge in [-0.05, 0) is 47.1 Å². The summed E-state index contributed by atoms with van der Waals surface area (Å²) in [6.07, 6.45) is 0. The first-order valence-corrected chi connectivity index (χ1v) is 9.89. The Morgan fingerprint density at radius 1 is 1.12 bits per heavy atom. The van der Waals surface area contributed by atoms with Crippen LogP contribution in [0.3, 0.4) is 0 Å². The second-order valence-electron chi connectivity index (χ2n) is 6.96. The van der Waals surface area contributed by atoms with Crippen LogP contribution in [0.1, 0.15) is 23.0 Å². The zero-order chi connectivity index (χ0) is 24.1. The maximum absolute atomic E-state index is 13.0. The number of hydrazone groups is 1. The number of nitrogens with one attached hydrogen (secondary N) is 1. The van der Waals surface area contributed by atoms with Crippen LogP contribution in [0.25, 0.3) is 17.1 Å². The van der Waals surface area contributed by atoms with E-state index in [1.807, 2.05) is 6.07 Å². The fourth-order valence-corrected chi connectivity index (χ4v) is 2.97. The molecule has 5 N–H and O–H groups in total. The monoisotopic (exact) mass is 461 g/mol. The highest BCUT2D eigenvalue weighted by atomic mass is 16.6. The van der Waals surface area contributed by atoms with E-state index < -0.39 is 11.8 Å². The average Bonchev–Trinajstić information content (AvgIpc) is 3.47. The van der Waals surface area contributed by atoms with Gasteiger partial charge in [0.1, 0.15) is 11.4 Å². The summed E-state index contributed by atoms with van der Waals surface area (Å²) in [6.45, 7) is 1.50. The summed E-state index contributed by atoms with van der Waals surface area (Å²) < 4.78 is 11.2. The molecule has 2 amide bonds. The Kier molecular flexibility index (Phi) is 6.25. The molecule has 0 unspecified atom stereocenters. The predicted octanol–water partition coefficient (Wildman–Crippen LogP) is 0.918. The third kappa shape index (κ3) is 4.72. The molecule has 2 heterocycles. The number of nitrogens with two attached hydrogens (primary N) is 2. The molecule has 4 aromatic rings. The summed E-state index contributed by atoms with van der Waals surface area (Å²) in [6, 6.07) is 15.8. The molecule has 0 atom stereocenters. The van der Waals surface area contributed by atoms with E-state index in [9.17, 15) is 9.59 Å². The van der Waals surface area contributed by atoms with Gasteiger partial charge in [-0.25, -0.2) is 10.1 Å². The lowest BCUT2D eigenvalue weighted by Gasteiger charge is -2.07. The van der Waals surface area contributed by atoms with Gasteiger partial charge in [-0.2, -0.15) is 9.78 Å². The number of hydrogen-bond donors (Lipinski definition) is 3. The Bertz CT molecular complexity index is 1340. The van der Waals surface area contributed by atoms with Gasteiger partial charge in [-0.15, -0.1) is 5.10 Å². The van der Waals surface area contributed by atoms with Crippen LogP contribution >= 0.6 is 0 Å². The molecule has 0 spiro atoms. The van der Waals surface area contributed by atoms with Crippen LogP contribution in [0.2, 0.25) is 0 Å². The van der Waals surface area contributed by atoms with E-state index in [0.717, 1.165) is 5.56 Å². The lowest BCUT2D eigenvalue weighted by atomic mass is 10.1. The molecule has 0 aliphatic rings. The van der Waals surface area contributed by atoms with Crippen LogP contribution in [0, 0.1) is 0 Å². The van der Waals surface area contributed by atoms with E-state index in [2.05, 4.69) is 35.8 Å². The first kappa shape index (κ1) is 22.1. The number of primary amides is 1. The highest BCUT2D eigenvalue weighted by molar-refractivity contribution is 6.02. The SMILES string of the molecule is C/C(=N/NC(=O)c1nnn(-c2nonc2N)c1-c1ccccc1)c1ccc(OCC(N)=O)cc1. The Labute approximate surface area is 192 Å². The topological polar surface area (TPSA) is 189 Å². The minimum atomic E-state index is -0.596. The Morgan fingerprint density at radius 3 is 2.50 bits per heavy atom. The minimum Gasteiger partial charge on any atom is -0.484 e. The van der Waals surface area contributed by atoms with Gasteiger partial charge in [-0.1, -0.05) is 35.5 Å². The first-order chi connectivity index (χ1) is 16.4. The van der Waals surface area contributed by atoms with Crippen molar-refractivity contribution in [2.24, 2.45) is 10.8 Å². The summed E-state index contributed by atoms with van der Waals surface area (Å²) in [5.41, 5.74) is 15.6. The molecule has 13 nitrogen and oxygen atoms in total. The number of ether oxygens (including phenoxy) is 1. The molecule has 2 aromatic heterocycles. The average molecular weight is 461 g/mol. The van der Waals surface area contributed by atoms with Crippen molar-refractivity contribution >= 4 is 23.3 Å². The second kappa shape index (κ2) is 9.60. The van der Waals surface area contributed by atoms with Gasteiger partial charge in [-0.3, -0.25) is 9.59 Å². The predicted molar refractivity (Wildman–Crippen MR) is 120 cm³/mol. The van der Waals surface area contributed by atoms with Gasteiger partial charge in [0.15, 0.2) is 12.3 Å². The van der Waals surface area contributed by atoms with Crippen molar-refractivity contribution in [3.63, 3.8) is 0 Å². The number of hydrogen-bond acceptors (Lipinski definition) is 10. The number of rotatable bonds is 8. The van der Waals surface area contributed by atoms with Crippen molar-refractivity contribution in [2.45, 2.75) is 6.92 Å². The van der Waals surface area contributed by atoms with Crippen molar-refractivity contribution < 1.29 is 19.0 Å². The van der Waals surface area contributed by atoms with Crippen molar-refractivity contribution in [3.05, 3.63) is 65.9 Å². The summed E-state index contributed by atoms with van der Waals surface area (Å²) >= 11 is 0. The van der Waals surface area contributed by atoms with E-state index in [0.29, 0.717) is 22.7 Å². The molecule has 0 aliphatic carbocycles. The zero-order valence-corrected chi connectivity index (χ0v) is 17.9. The summed E-state index contributed by atoms with van der Waals surface area (Å²) in [5, 5.41) is 19.5. The lowest BCUT2D eigenvalue weighted by Crippen LogP contribution is -2.21. The Balaban J connectivity index is 1.57. The molecule has 4 rings (SSSR count). The van der Waals surface area contributed by atoms with E-state index in [1.165, 1.54) is 4.68 Å². The molecule has 34 heavy (non-hydrogen) atoms. The van der Waals surface area contributed by atoms with Crippen molar-refractivity contribution in [1.29, 1.82) is 0 Å². The van der Waals surface area contributed by atoms with Crippen LogP contribution in [0.5, 0.6) is 5.75 Å². The van der Waals surface area contributed by atoms with Crippen molar-refractivity contribution in [1.82, 2.24) is 30.7 Å². The van der Waals surface area contributed by atoms with Gasteiger partial charge >= 0.3 is 0 Å². The lowest BCUT2D eigenvalue weighted by molar-refractivity contribution is -0.119. The molecule has 13 heteroatoms. The maximum atomic E-state index is 13.0. The van der Waals surface area contributed by atoms with Crippen LogP contribution < -0.4 is 21.6 Å². The summed E-state index contributed by atoms with van der Waals surface area (Å²) in [7, 11) is 0. The Hall–Kier alpha value is -5.07. The molecule has 0 saturated heterocycles. The first-order valence-electron chi connectivity index (χ1n) is 9.89. The van der Waals surface area contributed by atoms with Crippen LogP contribution in [-0.4, -0.2) is 49.4 Å². The van der Waals surface area contributed by atoms with Crippen LogP contribution in [-0.2, 0) is 4.79 Å². The molecular formula is C21H19N9O4. The number of aromatic nitrogens is 5. The molecule has 0 saturated carbocycles. The molecule has 0 bridgehead atoms. The van der Waals surface area contributed by atoms with E-state index in [-0.39, 0.29) is 23.9 Å². The largest absolute Gasteiger partial charge is 0.484 e. The van der Waals surface area contributed by atoms with Crippen LogP contribution in [0.4, 0.5) is 5.82 Å². The van der Waals surface area contributed by atoms with Gasteiger partial charge < -0.3 is 16.2 Å². The highest BCUT2D eigenvalue weighted by Crippen LogP contribution is 2.26. The van der Waals surface area contributed by atoms with Gasteiger partial charge in [0.05, 0.1) is 5.71 Å². The number of nitrogens with zero attached hydrogens (tertiary/aromatic N) is 6. The summed E-state index contributed by atoms with van der Waals surface area (Å²) in [5.74, 6) is -0.597. The number of carbonyl (C=O) groups is 2.